The minimum absolute atomic E-state index is 0. The summed E-state index contributed by atoms with van der Waals surface area (Å²) in [6, 6.07) is 0. The molecule has 0 unspecified atom stereocenters. The van der Waals surface area contributed by atoms with Crippen LogP contribution in [-0.2, 0) is 6.51 Å². The normalized spacial score (nSPS) is 114. The number of fused-ring (bicyclic) bond motifs is 10. The van der Waals surface area contributed by atoms with Gasteiger partial charge in [0.2, 0.25) is 0 Å². The van der Waals surface area contributed by atoms with Crippen LogP contribution in [0.25, 0.3) is 0 Å². The third-order valence-electron chi connectivity index (χ3n) is 14.5. The van der Waals surface area contributed by atoms with Crippen molar-refractivity contribution in [2.24, 2.45) is 0 Å². The zero-order valence-corrected chi connectivity index (χ0v) is 14.2. The minimum Gasteiger partial charge on any atom is -1.00 e. The van der Waals surface area contributed by atoms with Crippen molar-refractivity contribution in [3.05, 3.63) is 0 Å². The van der Waals surface area contributed by atoms with Gasteiger partial charge < -0.3 is 28.5 Å². The molecular formula is C14H22FeIN. The van der Waals surface area contributed by atoms with Crippen LogP contribution in [-0.4, -0.2) is 32.7 Å². The third kappa shape index (κ3) is 0.0983. The Morgan fingerprint density at radius 1 is 0.529 bits per heavy atom. The van der Waals surface area contributed by atoms with Crippen LogP contribution >= 0.6 is 0 Å². The van der Waals surface area contributed by atoms with Crippen LogP contribution in [0.3, 0.4) is 0 Å². The molecule has 0 atom stereocenters. The van der Waals surface area contributed by atoms with Crippen LogP contribution in [0.2, 0.25) is 48.2 Å². The van der Waals surface area contributed by atoms with E-state index in [1.54, 1.807) is 48.2 Å². The molecule has 10 saturated heterocycles. The van der Waals surface area contributed by atoms with Gasteiger partial charge in [0.15, 0.2) is 0 Å². The number of quaternary nitrogens is 1. The van der Waals surface area contributed by atoms with Crippen molar-refractivity contribution in [2.75, 3.05) is 28.2 Å². The summed E-state index contributed by atoms with van der Waals surface area (Å²) in [5.74, 6) is 0. The van der Waals surface area contributed by atoms with E-state index in [4.69, 9.17) is 0 Å². The van der Waals surface area contributed by atoms with Gasteiger partial charge in [0.05, 0.1) is 28.2 Å². The fourth-order valence-electron chi connectivity index (χ4n) is 15.8. The van der Waals surface area contributed by atoms with E-state index < -0.39 is 6.51 Å². The molecule has 10 aliphatic rings. The monoisotopic (exact) mass is 387 g/mol. The molecule has 0 aromatic rings. The molecule has 1 nitrogen and oxygen atoms in total. The van der Waals surface area contributed by atoms with Crippen LogP contribution in [0.1, 0.15) is 0 Å². The van der Waals surface area contributed by atoms with Gasteiger partial charge in [-0.1, -0.05) is 0 Å². The fourth-order valence-corrected chi connectivity index (χ4v) is 88.0. The Morgan fingerprint density at radius 3 is 0.647 bits per heavy atom. The average Bonchev–Trinajstić information content (AvgIpc) is 3.12. The van der Waals surface area contributed by atoms with E-state index in [0.29, 0.717) is 0 Å². The van der Waals surface area contributed by atoms with Crippen LogP contribution in [0, 0.1) is 0 Å². The Kier molecular flexibility index (Phi) is 0.334. The van der Waals surface area contributed by atoms with Gasteiger partial charge in [0.25, 0.3) is 0 Å². The van der Waals surface area contributed by atoms with Gasteiger partial charge in [-0.25, -0.2) is 0 Å². The fraction of sp³-hybridized carbons (Fsp3) is 1.00. The molecule has 0 saturated carbocycles. The van der Waals surface area contributed by atoms with E-state index >= 15 is 0 Å². The van der Waals surface area contributed by atoms with Gasteiger partial charge in [0, 0.05) is 0 Å². The van der Waals surface area contributed by atoms with Gasteiger partial charge in [-0.05, 0) is 0 Å². The van der Waals surface area contributed by atoms with Crippen molar-refractivity contribution in [2.45, 2.75) is 48.2 Å². The second kappa shape index (κ2) is 0.669. The summed E-state index contributed by atoms with van der Waals surface area (Å²) in [6.07, 6.45) is 0. The van der Waals surface area contributed by atoms with Crippen molar-refractivity contribution in [1.82, 2.24) is 0 Å². The molecule has 10 heterocycles. The molecule has 17 heavy (non-hydrogen) atoms. The summed E-state index contributed by atoms with van der Waals surface area (Å²) in [5.41, 5.74) is 0. The van der Waals surface area contributed by atoms with Gasteiger partial charge >= 0.3 is 54.7 Å². The smallest absolute Gasteiger partial charge is 1.00 e. The zero-order valence-electron chi connectivity index (χ0n) is 11.0. The van der Waals surface area contributed by atoms with E-state index in [2.05, 4.69) is 28.2 Å². The van der Waals surface area contributed by atoms with Crippen molar-refractivity contribution >= 4 is 0 Å². The summed E-state index contributed by atoms with van der Waals surface area (Å²) >= 11 is 0. The topological polar surface area (TPSA) is 0 Å². The molecule has 10 fully saturated rings. The first-order valence-electron chi connectivity index (χ1n) is 7.16. The predicted molar refractivity (Wildman–Crippen MR) is 61.5 cm³/mol. The molecule has 0 bridgehead atoms. The van der Waals surface area contributed by atoms with Crippen molar-refractivity contribution in [3.63, 3.8) is 0 Å². The predicted octanol–water partition coefficient (Wildman–Crippen LogP) is 0.702. The summed E-state index contributed by atoms with van der Waals surface area (Å²) in [7, 11) is 8.50. The Morgan fingerprint density at radius 2 is 0.647 bits per heavy atom. The Labute approximate surface area is 111 Å². The average molecular weight is 387 g/mol. The Balaban J connectivity index is 0.0000000978. The zero-order chi connectivity index (χ0) is 10.6. The molecule has 0 aliphatic carbocycles. The maximum absolute atomic E-state index is 2.28. The van der Waals surface area contributed by atoms with Crippen LogP contribution in [0.15, 0.2) is 0 Å². The van der Waals surface area contributed by atoms with E-state index in [1.807, 2.05) is 0 Å². The molecule has 10 aliphatic heterocycles. The van der Waals surface area contributed by atoms with E-state index in [-0.39, 0.29) is 24.0 Å². The van der Waals surface area contributed by atoms with Crippen molar-refractivity contribution < 1.29 is 35.0 Å². The minimum atomic E-state index is -2.28. The molecule has 0 amide bonds. The Hall–Kier alpha value is 1.21. The van der Waals surface area contributed by atoms with Gasteiger partial charge in [-0.3, -0.25) is 0 Å². The largest absolute Gasteiger partial charge is 1.00 e. The molecule has 3 heteroatoms. The number of hydrogen-bond acceptors (Lipinski definition) is 0. The third-order valence-corrected chi connectivity index (χ3v) is 56.5. The molecule has 0 aromatic heterocycles. The van der Waals surface area contributed by atoms with Gasteiger partial charge in [-0.2, -0.15) is 0 Å². The van der Waals surface area contributed by atoms with Gasteiger partial charge in [-0.15, -0.1) is 0 Å². The quantitative estimate of drug-likeness (QED) is 0.326. The summed E-state index contributed by atoms with van der Waals surface area (Å²) in [4.78, 5) is 15.9. The SMILES string of the molecule is C[N+](C)(C)C.[CH]12[CH]3[CH]4[CH]5[CH]1[Fe]23451678[CH]2[CH]1[CH]6[CH]7[CH]28.[I-]. The molecule has 1 spiro atoms. The summed E-state index contributed by atoms with van der Waals surface area (Å²) in [5, 5.41) is 0. The first-order chi connectivity index (χ1) is 7.16. The second-order valence-corrected chi connectivity index (χ2v) is 36.2. The van der Waals surface area contributed by atoms with Crippen molar-refractivity contribution in [3.8, 4) is 0 Å². The van der Waals surface area contributed by atoms with Crippen LogP contribution in [0.5, 0.6) is 0 Å². The number of nitrogens with zero attached hydrogens (tertiary/aromatic N) is 1. The number of halogens is 1. The standard InChI is InChI=1S/2C5H5.C4H12N.Fe.HI/c2*1-2-4-5-3-1;1-5(2,3)4;;/h2*1-5H;1-4H3;;1H/q;;+1;;/p-1. The Bertz CT molecular complexity index is 661. The van der Waals surface area contributed by atoms with E-state index in [1.165, 1.54) is 0 Å². The van der Waals surface area contributed by atoms with Crippen molar-refractivity contribution in [1.29, 1.82) is 0 Å². The molecular weight excluding hydrogens is 365 g/mol. The second-order valence-electron chi connectivity index (χ2n) is 12.3. The first-order valence-corrected chi connectivity index (χ1v) is 13.5. The summed E-state index contributed by atoms with van der Waals surface area (Å²) in [6.45, 7) is -2.28. The van der Waals surface area contributed by atoms with E-state index in [9.17, 15) is 0 Å². The molecule has 98 valence electrons. The van der Waals surface area contributed by atoms with Crippen LogP contribution in [0.4, 0.5) is 0 Å². The first kappa shape index (κ1) is 8.49. The number of rotatable bonds is 0. The molecule has 10 rings (SSSR count). The molecule has 0 aromatic carbocycles. The maximum Gasteiger partial charge on any atom is -1.00 e. The van der Waals surface area contributed by atoms with E-state index in [0.717, 1.165) is 4.48 Å². The molecule has 0 radical (unpaired) electrons. The van der Waals surface area contributed by atoms with Crippen LogP contribution < -0.4 is 24.0 Å². The maximum atomic E-state index is 2.12. The molecule has 0 N–H and O–H groups in total. The number of hydrogen-bond donors (Lipinski definition) is 0. The van der Waals surface area contributed by atoms with Gasteiger partial charge in [0.1, 0.15) is 0 Å². The summed E-state index contributed by atoms with van der Waals surface area (Å²) < 4.78 is 1.00.